The molecule has 1 aromatic rings. The predicted molar refractivity (Wildman–Crippen MR) is 73.9 cm³/mol. The van der Waals surface area contributed by atoms with Gasteiger partial charge in [-0.3, -0.25) is 14.4 Å². The van der Waals surface area contributed by atoms with Crippen molar-refractivity contribution >= 4 is 17.6 Å². The predicted octanol–water partition coefficient (Wildman–Crippen LogP) is 1.61. The summed E-state index contributed by atoms with van der Waals surface area (Å²) >= 11 is 0. The number of H-pyrrole nitrogens is 1. The minimum Gasteiger partial charge on any atom is -0.466 e. The highest BCUT2D eigenvalue weighted by molar-refractivity contribution is 6.08. The van der Waals surface area contributed by atoms with E-state index in [4.69, 9.17) is 4.74 Å². The number of carbonyl (C=O) groups excluding carboxylic acids is 2. The summed E-state index contributed by atoms with van der Waals surface area (Å²) in [7, 11) is 0. The van der Waals surface area contributed by atoms with Crippen molar-refractivity contribution in [1.29, 1.82) is 0 Å². The summed E-state index contributed by atoms with van der Waals surface area (Å²) in [6, 6.07) is 1.02. The number of Topliss-reactive ketones (excluding diaryl/α,β-unsaturated/α-hetero) is 1. The minimum absolute atomic E-state index is 0.0351. The molecule has 1 aromatic heterocycles. The van der Waals surface area contributed by atoms with Crippen molar-refractivity contribution in [3.63, 3.8) is 0 Å². The molecule has 0 aliphatic heterocycles. The van der Waals surface area contributed by atoms with E-state index in [1.165, 1.54) is 0 Å². The number of anilines is 1. The fourth-order valence-electron chi connectivity index (χ4n) is 2.03. The Balaban J connectivity index is 2.22. The van der Waals surface area contributed by atoms with Gasteiger partial charge in [-0.2, -0.15) is 0 Å². The number of esters is 1. The molecule has 1 heterocycles. The van der Waals surface area contributed by atoms with E-state index in [2.05, 4.69) is 10.3 Å². The Hall–Kier alpha value is -2.18. The molecule has 2 N–H and O–H groups in total. The summed E-state index contributed by atoms with van der Waals surface area (Å²) < 4.78 is 18.1. The van der Waals surface area contributed by atoms with Crippen LogP contribution in [0.2, 0.25) is 0 Å². The number of nitrogens with one attached hydrogen (secondary N) is 2. The lowest BCUT2D eigenvalue weighted by molar-refractivity contribution is -0.141. The van der Waals surface area contributed by atoms with Crippen LogP contribution in [-0.2, 0) is 9.53 Å². The van der Waals surface area contributed by atoms with Gasteiger partial charge in [-0.15, -0.1) is 0 Å². The molecule has 0 aromatic carbocycles. The largest absolute Gasteiger partial charge is 0.466 e. The Morgan fingerprint density at radius 1 is 1.48 bits per heavy atom. The van der Waals surface area contributed by atoms with E-state index in [1.807, 2.05) is 0 Å². The van der Waals surface area contributed by atoms with Crippen LogP contribution >= 0.6 is 0 Å². The van der Waals surface area contributed by atoms with Crippen molar-refractivity contribution in [3.8, 4) is 0 Å². The minimum atomic E-state index is -1.05. The van der Waals surface area contributed by atoms with E-state index in [0.29, 0.717) is 0 Å². The SMILES string of the molecule is CCOC(=O)CC(=O)c1cc(F)c(=O)[nH]c1NC1CCC1. The number of ketones is 1. The molecule has 7 heteroatoms. The molecule has 1 aliphatic rings. The zero-order valence-electron chi connectivity index (χ0n) is 11.7. The standard InChI is InChI=1S/C14H17FN2O4/c1-2-21-12(19)7-11(18)9-6-10(15)14(20)17-13(9)16-8-4-3-5-8/h6,8H,2-5,7H2,1H3,(H2,16,17,20). The van der Waals surface area contributed by atoms with Crippen LogP contribution in [-0.4, -0.2) is 29.4 Å². The fraction of sp³-hybridized carbons (Fsp3) is 0.500. The Kier molecular flexibility index (Phi) is 4.72. The molecule has 21 heavy (non-hydrogen) atoms. The summed E-state index contributed by atoms with van der Waals surface area (Å²) in [5.74, 6) is -2.16. The van der Waals surface area contributed by atoms with Crippen LogP contribution in [0.5, 0.6) is 0 Å². The molecule has 2 rings (SSSR count). The maximum Gasteiger partial charge on any atom is 0.313 e. The molecule has 1 aliphatic carbocycles. The van der Waals surface area contributed by atoms with E-state index < -0.39 is 29.5 Å². The quantitative estimate of drug-likeness (QED) is 0.473. The smallest absolute Gasteiger partial charge is 0.313 e. The van der Waals surface area contributed by atoms with Gasteiger partial charge in [-0.25, -0.2) is 4.39 Å². The molecular formula is C14H17FN2O4. The molecule has 0 atom stereocenters. The molecule has 0 saturated heterocycles. The number of halogens is 1. The van der Waals surface area contributed by atoms with Crippen LogP contribution < -0.4 is 10.9 Å². The number of carbonyl (C=O) groups is 2. The van der Waals surface area contributed by atoms with Gasteiger partial charge in [-0.1, -0.05) is 0 Å². The molecule has 1 fully saturated rings. The lowest BCUT2D eigenvalue weighted by Crippen LogP contribution is -2.30. The van der Waals surface area contributed by atoms with Gasteiger partial charge >= 0.3 is 5.97 Å². The van der Waals surface area contributed by atoms with Gasteiger partial charge in [0.15, 0.2) is 11.6 Å². The first kappa shape index (κ1) is 15.2. The molecule has 0 spiro atoms. The summed E-state index contributed by atoms with van der Waals surface area (Å²) in [6.45, 7) is 1.80. The number of hydrogen-bond donors (Lipinski definition) is 2. The molecule has 0 radical (unpaired) electrons. The topological polar surface area (TPSA) is 88.3 Å². The molecule has 0 bridgehead atoms. The Bertz CT molecular complexity index is 607. The maximum atomic E-state index is 13.4. The number of rotatable bonds is 6. The molecular weight excluding hydrogens is 279 g/mol. The van der Waals surface area contributed by atoms with Crippen molar-refractivity contribution in [2.75, 3.05) is 11.9 Å². The summed E-state index contributed by atoms with van der Waals surface area (Å²) in [4.78, 5) is 37.1. The van der Waals surface area contributed by atoms with Gasteiger partial charge in [0, 0.05) is 6.04 Å². The zero-order chi connectivity index (χ0) is 15.4. The lowest BCUT2D eigenvalue weighted by atomic mass is 9.93. The van der Waals surface area contributed by atoms with Crippen molar-refractivity contribution in [2.45, 2.75) is 38.6 Å². The van der Waals surface area contributed by atoms with E-state index in [0.717, 1.165) is 25.3 Å². The first-order valence-electron chi connectivity index (χ1n) is 6.89. The van der Waals surface area contributed by atoms with Crippen molar-refractivity contribution < 1.29 is 18.7 Å². The molecule has 6 nitrogen and oxygen atoms in total. The van der Waals surface area contributed by atoms with Crippen molar-refractivity contribution in [1.82, 2.24) is 4.98 Å². The van der Waals surface area contributed by atoms with Crippen LogP contribution in [0.4, 0.5) is 10.2 Å². The van der Waals surface area contributed by atoms with Gasteiger partial charge in [0.1, 0.15) is 12.2 Å². The third-order valence-electron chi connectivity index (χ3n) is 3.36. The number of ether oxygens (including phenoxy) is 1. The van der Waals surface area contributed by atoms with E-state index in [9.17, 15) is 18.8 Å². The number of hydrogen-bond acceptors (Lipinski definition) is 5. The van der Waals surface area contributed by atoms with Gasteiger partial charge < -0.3 is 15.0 Å². The number of aromatic amines is 1. The van der Waals surface area contributed by atoms with Crippen molar-refractivity contribution in [2.24, 2.45) is 0 Å². The van der Waals surface area contributed by atoms with Crippen LogP contribution in [0.1, 0.15) is 43.0 Å². The van der Waals surface area contributed by atoms with Crippen LogP contribution in [0.25, 0.3) is 0 Å². The van der Waals surface area contributed by atoms with Crippen LogP contribution in [0.3, 0.4) is 0 Å². The first-order valence-corrected chi connectivity index (χ1v) is 6.89. The average molecular weight is 296 g/mol. The Morgan fingerprint density at radius 3 is 2.76 bits per heavy atom. The third kappa shape index (κ3) is 3.68. The summed E-state index contributed by atoms with van der Waals surface area (Å²) in [5, 5.41) is 3.01. The van der Waals surface area contributed by atoms with E-state index >= 15 is 0 Å². The second-order valence-corrected chi connectivity index (χ2v) is 4.91. The number of pyridine rings is 1. The fourth-order valence-corrected chi connectivity index (χ4v) is 2.03. The van der Waals surface area contributed by atoms with Crippen LogP contribution in [0.15, 0.2) is 10.9 Å². The second kappa shape index (κ2) is 6.51. The van der Waals surface area contributed by atoms with E-state index in [-0.39, 0.29) is 24.0 Å². The lowest BCUT2D eigenvalue weighted by Gasteiger charge is -2.28. The highest BCUT2D eigenvalue weighted by Crippen LogP contribution is 2.24. The molecule has 0 amide bonds. The maximum absolute atomic E-state index is 13.4. The number of aromatic nitrogens is 1. The van der Waals surface area contributed by atoms with E-state index in [1.54, 1.807) is 6.92 Å². The molecule has 0 unspecified atom stereocenters. The van der Waals surface area contributed by atoms with Gasteiger partial charge in [0.2, 0.25) is 0 Å². The summed E-state index contributed by atoms with van der Waals surface area (Å²) in [5.41, 5.74) is -0.934. The Labute approximate surface area is 120 Å². The van der Waals surface area contributed by atoms with Crippen molar-refractivity contribution in [3.05, 3.63) is 27.8 Å². The van der Waals surface area contributed by atoms with Crippen LogP contribution in [0, 0.1) is 5.82 Å². The average Bonchev–Trinajstić information content (AvgIpc) is 2.37. The Morgan fingerprint density at radius 2 is 2.19 bits per heavy atom. The summed E-state index contributed by atoms with van der Waals surface area (Å²) in [6.07, 6.45) is 2.42. The van der Waals surface area contributed by atoms with Gasteiger partial charge in [0.05, 0.1) is 12.2 Å². The highest BCUT2D eigenvalue weighted by Gasteiger charge is 2.23. The monoisotopic (exact) mass is 296 g/mol. The molecule has 1 saturated carbocycles. The van der Waals surface area contributed by atoms with Gasteiger partial charge in [-0.05, 0) is 32.3 Å². The second-order valence-electron chi connectivity index (χ2n) is 4.91. The first-order chi connectivity index (χ1) is 10.0. The normalized spacial score (nSPS) is 14.4. The molecule has 114 valence electrons. The third-order valence-corrected chi connectivity index (χ3v) is 3.36. The van der Waals surface area contributed by atoms with Gasteiger partial charge in [0.25, 0.3) is 5.56 Å². The highest BCUT2D eigenvalue weighted by atomic mass is 19.1. The zero-order valence-corrected chi connectivity index (χ0v) is 11.7.